The molecule has 4 aromatic rings. The van der Waals surface area contributed by atoms with Crippen LogP contribution in [0.5, 0.6) is 11.5 Å². The van der Waals surface area contributed by atoms with Crippen LogP contribution >= 0.6 is 0 Å². The Morgan fingerprint density at radius 3 is 2.27 bits per heavy atom. The Morgan fingerprint density at radius 2 is 1.61 bits per heavy atom. The van der Waals surface area contributed by atoms with Crippen LogP contribution in [0.25, 0.3) is 23.1 Å². The zero-order valence-electron chi connectivity index (χ0n) is 22.7. The van der Waals surface area contributed by atoms with E-state index in [2.05, 4.69) is 20.2 Å². The number of benzene rings is 3. The number of fused-ring (bicyclic) bond motifs is 1. The third-order valence-electron chi connectivity index (χ3n) is 6.78. The molecular weight excluding hydrogens is 533 g/mol. The average molecular weight is 565 g/mol. The van der Waals surface area contributed by atoms with E-state index in [0.29, 0.717) is 29.5 Å². The zero-order valence-corrected chi connectivity index (χ0v) is 22.7. The maximum Gasteiger partial charge on any atom is 0.416 e. The number of anilines is 2. The number of methoxy groups -OCH3 is 1. The summed E-state index contributed by atoms with van der Waals surface area (Å²) >= 11 is 0. The second-order valence-electron chi connectivity index (χ2n) is 9.60. The van der Waals surface area contributed by atoms with Crippen LogP contribution in [0.4, 0.5) is 24.7 Å². The quantitative estimate of drug-likeness (QED) is 0.170. The van der Waals surface area contributed by atoms with Gasteiger partial charge in [-0.1, -0.05) is 36.4 Å². The highest BCUT2D eigenvalue weighted by atomic mass is 19.4. The molecule has 0 aliphatic carbocycles. The van der Waals surface area contributed by atoms with Crippen molar-refractivity contribution < 1.29 is 27.4 Å². The van der Waals surface area contributed by atoms with Gasteiger partial charge in [-0.3, -0.25) is 4.90 Å². The van der Waals surface area contributed by atoms with Crippen LogP contribution in [-0.4, -0.2) is 61.4 Å². The maximum atomic E-state index is 12.8. The number of alkyl halides is 3. The minimum atomic E-state index is -4.34. The fraction of sp³-hybridized carbons (Fsp3) is 0.290. The van der Waals surface area contributed by atoms with Gasteiger partial charge in [0.05, 0.1) is 38.0 Å². The second-order valence-corrected chi connectivity index (χ2v) is 9.60. The highest BCUT2D eigenvalue weighted by Gasteiger charge is 2.29. The van der Waals surface area contributed by atoms with Crippen LogP contribution in [-0.2, 0) is 10.9 Å². The van der Waals surface area contributed by atoms with Crippen molar-refractivity contribution in [1.82, 2.24) is 14.9 Å². The zero-order chi connectivity index (χ0) is 28.7. The van der Waals surface area contributed by atoms with Crippen molar-refractivity contribution in [2.75, 3.05) is 51.9 Å². The van der Waals surface area contributed by atoms with E-state index in [1.54, 1.807) is 13.2 Å². The molecule has 0 atom stereocenters. The normalized spacial score (nSPS) is 14.4. The summed E-state index contributed by atoms with van der Waals surface area (Å²) in [5.41, 5.74) is 2.46. The Labute approximate surface area is 236 Å². The van der Waals surface area contributed by atoms with Crippen molar-refractivity contribution in [2.45, 2.75) is 12.6 Å². The summed E-state index contributed by atoms with van der Waals surface area (Å²) in [7, 11) is 1.61. The summed E-state index contributed by atoms with van der Waals surface area (Å²) in [6.07, 6.45) is 1.66. The van der Waals surface area contributed by atoms with Gasteiger partial charge in [0.1, 0.15) is 12.1 Å². The first-order chi connectivity index (χ1) is 19.9. The molecule has 2 heterocycles. The molecule has 1 aliphatic heterocycles. The Morgan fingerprint density at radius 1 is 0.927 bits per heavy atom. The summed E-state index contributed by atoms with van der Waals surface area (Å²) in [4.78, 5) is 11.2. The number of halogens is 3. The van der Waals surface area contributed by atoms with Crippen molar-refractivity contribution in [3.05, 3.63) is 83.7 Å². The minimum absolute atomic E-state index is 0.553. The fourth-order valence-electron chi connectivity index (χ4n) is 4.52. The lowest BCUT2D eigenvalue weighted by molar-refractivity contribution is -0.137. The molecule has 1 aliphatic rings. The van der Waals surface area contributed by atoms with Crippen molar-refractivity contribution in [3.8, 4) is 11.5 Å². The topological polar surface area (TPSA) is 68.7 Å². The SMILES string of the molecule is COc1cc2ncnc(Nc3ccc(/C=C/c4ccc(C(F)(F)F)cc4)cc3)c2cc1OCCCN1CCOCC1. The highest BCUT2D eigenvalue weighted by Crippen LogP contribution is 2.35. The lowest BCUT2D eigenvalue weighted by Gasteiger charge is -2.26. The summed E-state index contributed by atoms with van der Waals surface area (Å²) in [5.74, 6) is 1.87. The average Bonchev–Trinajstić information content (AvgIpc) is 2.99. The van der Waals surface area contributed by atoms with E-state index in [1.807, 2.05) is 42.5 Å². The van der Waals surface area contributed by atoms with Gasteiger partial charge in [0.2, 0.25) is 0 Å². The van der Waals surface area contributed by atoms with Gasteiger partial charge in [-0.05, 0) is 47.9 Å². The molecule has 0 bridgehead atoms. The largest absolute Gasteiger partial charge is 0.493 e. The predicted octanol–water partition coefficient (Wildman–Crippen LogP) is 6.67. The molecule has 0 unspecified atom stereocenters. The summed E-state index contributed by atoms with van der Waals surface area (Å²) in [6, 6.07) is 16.4. The summed E-state index contributed by atoms with van der Waals surface area (Å²) in [5, 5.41) is 4.14. The Kier molecular flexibility index (Phi) is 9.01. The minimum Gasteiger partial charge on any atom is -0.493 e. The molecule has 0 spiro atoms. The van der Waals surface area contributed by atoms with Gasteiger partial charge >= 0.3 is 6.18 Å². The molecular formula is C31H31F3N4O3. The monoisotopic (exact) mass is 564 g/mol. The van der Waals surface area contributed by atoms with Crippen molar-refractivity contribution in [1.29, 1.82) is 0 Å². The smallest absolute Gasteiger partial charge is 0.416 e. The lowest BCUT2D eigenvalue weighted by atomic mass is 10.1. The van der Waals surface area contributed by atoms with Gasteiger partial charge in [0, 0.05) is 36.8 Å². The fourth-order valence-corrected chi connectivity index (χ4v) is 4.52. The number of hydrogen-bond acceptors (Lipinski definition) is 7. The van der Waals surface area contributed by atoms with E-state index in [0.717, 1.165) is 73.6 Å². The number of ether oxygens (including phenoxy) is 3. The first-order valence-electron chi connectivity index (χ1n) is 13.4. The molecule has 10 heteroatoms. The highest BCUT2D eigenvalue weighted by molar-refractivity contribution is 5.93. The summed E-state index contributed by atoms with van der Waals surface area (Å²) in [6.45, 7) is 4.95. The molecule has 1 N–H and O–H groups in total. The van der Waals surface area contributed by atoms with Crippen LogP contribution in [0.2, 0.25) is 0 Å². The Balaban J connectivity index is 1.25. The number of morpholine rings is 1. The van der Waals surface area contributed by atoms with Gasteiger partial charge in [-0.2, -0.15) is 13.2 Å². The number of rotatable bonds is 10. The first-order valence-corrected chi connectivity index (χ1v) is 13.4. The molecule has 0 amide bonds. The number of hydrogen-bond donors (Lipinski definition) is 1. The molecule has 1 aromatic heterocycles. The van der Waals surface area contributed by atoms with Gasteiger partial charge in [0.25, 0.3) is 0 Å². The Hall–Kier alpha value is -4.15. The number of nitrogens with zero attached hydrogens (tertiary/aromatic N) is 3. The second kappa shape index (κ2) is 13.0. The van der Waals surface area contributed by atoms with Gasteiger partial charge in [0.15, 0.2) is 11.5 Å². The molecule has 0 radical (unpaired) electrons. The Bertz CT molecular complexity index is 1470. The molecule has 3 aromatic carbocycles. The third-order valence-corrected chi connectivity index (χ3v) is 6.78. The van der Waals surface area contributed by atoms with E-state index >= 15 is 0 Å². The number of aromatic nitrogens is 2. The van der Waals surface area contributed by atoms with E-state index < -0.39 is 11.7 Å². The predicted molar refractivity (Wildman–Crippen MR) is 154 cm³/mol. The molecule has 1 saturated heterocycles. The first kappa shape index (κ1) is 28.4. The number of nitrogens with one attached hydrogen (secondary N) is 1. The van der Waals surface area contributed by atoms with Crippen LogP contribution in [0.15, 0.2) is 67.0 Å². The van der Waals surface area contributed by atoms with Crippen LogP contribution in [0, 0.1) is 0 Å². The summed E-state index contributed by atoms with van der Waals surface area (Å²) < 4.78 is 55.4. The maximum absolute atomic E-state index is 12.8. The van der Waals surface area contributed by atoms with Gasteiger partial charge in [-0.15, -0.1) is 0 Å². The van der Waals surface area contributed by atoms with E-state index in [1.165, 1.54) is 18.5 Å². The molecule has 0 saturated carbocycles. The molecule has 1 fully saturated rings. The van der Waals surface area contributed by atoms with E-state index in [4.69, 9.17) is 14.2 Å². The van der Waals surface area contributed by atoms with Gasteiger partial charge < -0.3 is 19.5 Å². The lowest BCUT2D eigenvalue weighted by Crippen LogP contribution is -2.37. The third kappa shape index (κ3) is 7.53. The van der Waals surface area contributed by atoms with Crippen LogP contribution < -0.4 is 14.8 Å². The van der Waals surface area contributed by atoms with Crippen molar-refractivity contribution in [3.63, 3.8) is 0 Å². The molecule has 214 valence electrons. The van der Waals surface area contributed by atoms with Crippen LogP contribution in [0.3, 0.4) is 0 Å². The van der Waals surface area contributed by atoms with Crippen molar-refractivity contribution >= 4 is 34.6 Å². The van der Waals surface area contributed by atoms with Crippen molar-refractivity contribution in [2.24, 2.45) is 0 Å². The van der Waals surface area contributed by atoms with Crippen LogP contribution in [0.1, 0.15) is 23.1 Å². The van der Waals surface area contributed by atoms with E-state index in [-0.39, 0.29) is 0 Å². The van der Waals surface area contributed by atoms with Gasteiger partial charge in [-0.25, -0.2) is 9.97 Å². The molecule has 5 rings (SSSR count). The van der Waals surface area contributed by atoms with E-state index in [9.17, 15) is 13.2 Å². The standard InChI is InChI=1S/C31H31F3N4O3/c1-39-28-20-27-26(19-29(28)41-16-2-13-38-14-17-40-18-15-38)30(36-21-35-27)37-25-11-7-23(8-12-25)4-3-22-5-9-24(10-6-22)31(32,33)34/h3-12,19-21H,2,13-18H2,1H3,(H,35,36,37)/b4-3+. The molecule has 41 heavy (non-hydrogen) atoms. The molecule has 7 nitrogen and oxygen atoms in total.